The summed E-state index contributed by atoms with van der Waals surface area (Å²) in [5.41, 5.74) is 0.516. The van der Waals surface area contributed by atoms with Crippen LogP contribution in [-0.4, -0.2) is 39.1 Å². The van der Waals surface area contributed by atoms with Gasteiger partial charge in [-0.15, -0.1) is 0 Å². The fourth-order valence-electron chi connectivity index (χ4n) is 3.59. The molecule has 0 radical (unpaired) electrons. The van der Waals surface area contributed by atoms with Crippen LogP contribution < -0.4 is 23.7 Å². The molecular weight excluding hydrogens is 454 g/mol. The largest absolute Gasteiger partial charge is 0.493 e. The van der Waals surface area contributed by atoms with Gasteiger partial charge in [0.05, 0.1) is 33.4 Å². The van der Waals surface area contributed by atoms with E-state index in [0.29, 0.717) is 45.4 Å². The zero-order valence-electron chi connectivity index (χ0n) is 20.4. The number of ether oxygens (including phenoxy) is 5. The van der Waals surface area contributed by atoms with Gasteiger partial charge < -0.3 is 23.7 Å². The highest BCUT2D eigenvalue weighted by molar-refractivity contribution is 6.10. The van der Waals surface area contributed by atoms with Crippen molar-refractivity contribution in [1.29, 1.82) is 0 Å². The van der Waals surface area contributed by atoms with Crippen molar-refractivity contribution < 1.29 is 33.4 Å². The number of non-ortho nitro benzene ring substituents is 1. The predicted octanol–water partition coefficient (Wildman–Crippen LogP) is 5.17. The van der Waals surface area contributed by atoms with Crippen molar-refractivity contribution in [1.82, 2.24) is 0 Å². The summed E-state index contributed by atoms with van der Waals surface area (Å²) in [6, 6.07) is 14.1. The number of carbonyl (C=O) groups excluding carboxylic acids is 1. The highest BCUT2D eigenvalue weighted by atomic mass is 16.6. The molecule has 0 atom stereocenters. The second-order valence-corrected chi connectivity index (χ2v) is 8.03. The number of nitrogens with zero attached hydrogens (tertiary/aromatic N) is 1. The smallest absolute Gasteiger partial charge is 0.269 e. The SMILES string of the molecule is COc1ccc(C(=O)c2cc(OC)c(OC)c(OC)c2)cc1OC(C)(C)c1ccc([N+](=O)[O-])cc1. The Hall–Kier alpha value is -4.27. The van der Waals surface area contributed by atoms with Gasteiger partial charge in [0.2, 0.25) is 5.75 Å². The lowest BCUT2D eigenvalue weighted by molar-refractivity contribution is -0.384. The van der Waals surface area contributed by atoms with Gasteiger partial charge in [-0.05, 0) is 61.9 Å². The Morgan fingerprint density at radius 1 is 0.743 bits per heavy atom. The molecule has 0 saturated heterocycles. The quantitative estimate of drug-likeness (QED) is 0.222. The summed E-state index contributed by atoms with van der Waals surface area (Å²) in [5.74, 6) is 1.59. The Morgan fingerprint density at radius 2 is 1.29 bits per heavy atom. The fourth-order valence-corrected chi connectivity index (χ4v) is 3.59. The van der Waals surface area contributed by atoms with E-state index in [1.54, 1.807) is 42.5 Å². The Bertz CT molecular complexity index is 1210. The van der Waals surface area contributed by atoms with Crippen LogP contribution in [0.2, 0.25) is 0 Å². The number of hydrogen-bond acceptors (Lipinski definition) is 8. The number of hydrogen-bond donors (Lipinski definition) is 0. The number of nitro benzene ring substituents is 1. The summed E-state index contributed by atoms with van der Waals surface area (Å²) < 4.78 is 27.7. The molecule has 0 aliphatic carbocycles. The second kappa shape index (κ2) is 10.3. The minimum Gasteiger partial charge on any atom is -0.493 e. The van der Waals surface area contributed by atoms with E-state index in [1.165, 1.54) is 40.6 Å². The maximum absolute atomic E-state index is 13.4. The second-order valence-electron chi connectivity index (χ2n) is 8.03. The van der Waals surface area contributed by atoms with Gasteiger partial charge in [-0.25, -0.2) is 0 Å². The molecule has 3 rings (SSSR count). The molecule has 3 aromatic rings. The van der Waals surface area contributed by atoms with Gasteiger partial charge in [-0.2, -0.15) is 0 Å². The predicted molar refractivity (Wildman–Crippen MR) is 129 cm³/mol. The molecule has 0 heterocycles. The molecule has 3 aromatic carbocycles. The Morgan fingerprint density at radius 3 is 1.77 bits per heavy atom. The average molecular weight is 482 g/mol. The van der Waals surface area contributed by atoms with Crippen molar-refractivity contribution in [2.45, 2.75) is 19.4 Å². The number of carbonyl (C=O) groups is 1. The molecule has 9 heteroatoms. The fraction of sp³-hybridized carbons (Fsp3) is 0.269. The van der Waals surface area contributed by atoms with Crippen molar-refractivity contribution in [3.63, 3.8) is 0 Å². The van der Waals surface area contributed by atoms with E-state index in [1.807, 2.05) is 13.8 Å². The molecule has 0 saturated carbocycles. The van der Waals surface area contributed by atoms with Crippen LogP contribution >= 0.6 is 0 Å². The lowest BCUT2D eigenvalue weighted by atomic mass is 9.97. The Balaban J connectivity index is 1.98. The Labute approximate surface area is 203 Å². The maximum Gasteiger partial charge on any atom is 0.269 e. The molecule has 0 aliphatic rings. The molecule has 0 unspecified atom stereocenters. The minimum atomic E-state index is -0.878. The first-order valence-corrected chi connectivity index (χ1v) is 10.6. The number of benzene rings is 3. The van der Waals surface area contributed by atoms with Gasteiger partial charge >= 0.3 is 0 Å². The number of nitro groups is 1. The summed E-state index contributed by atoms with van der Waals surface area (Å²) in [7, 11) is 5.94. The van der Waals surface area contributed by atoms with Crippen LogP contribution in [0.5, 0.6) is 28.7 Å². The molecule has 0 aromatic heterocycles. The number of ketones is 1. The lowest BCUT2D eigenvalue weighted by Gasteiger charge is -2.28. The summed E-state index contributed by atoms with van der Waals surface area (Å²) in [6.45, 7) is 3.64. The molecule has 0 aliphatic heterocycles. The van der Waals surface area contributed by atoms with E-state index in [4.69, 9.17) is 23.7 Å². The molecule has 0 fully saturated rings. The molecule has 0 bridgehead atoms. The van der Waals surface area contributed by atoms with Crippen LogP contribution in [0, 0.1) is 10.1 Å². The lowest BCUT2D eigenvalue weighted by Crippen LogP contribution is -2.25. The van der Waals surface area contributed by atoms with Gasteiger partial charge in [-0.3, -0.25) is 14.9 Å². The van der Waals surface area contributed by atoms with E-state index >= 15 is 0 Å². The third kappa shape index (κ3) is 5.29. The first-order valence-electron chi connectivity index (χ1n) is 10.6. The van der Waals surface area contributed by atoms with Crippen LogP contribution in [0.15, 0.2) is 54.6 Å². The maximum atomic E-state index is 13.4. The van der Waals surface area contributed by atoms with Crippen LogP contribution in [0.3, 0.4) is 0 Å². The van der Waals surface area contributed by atoms with Gasteiger partial charge in [-0.1, -0.05) is 0 Å². The van der Waals surface area contributed by atoms with Crippen molar-refractivity contribution in [2.75, 3.05) is 28.4 Å². The van der Waals surface area contributed by atoms with E-state index in [-0.39, 0.29) is 11.5 Å². The zero-order valence-corrected chi connectivity index (χ0v) is 20.4. The minimum absolute atomic E-state index is 0.0138. The third-order valence-electron chi connectivity index (χ3n) is 5.49. The van der Waals surface area contributed by atoms with Crippen molar-refractivity contribution in [3.8, 4) is 28.7 Å². The molecule has 184 valence electrons. The van der Waals surface area contributed by atoms with Gasteiger partial charge in [0, 0.05) is 23.3 Å². The monoisotopic (exact) mass is 481 g/mol. The number of rotatable bonds is 10. The van der Waals surface area contributed by atoms with Crippen LogP contribution in [0.25, 0.3) is 0 Å². The molecule has 35 heavy (non-hydrogen) atoms. The molecular formula is C26H27NO8. The standard InChI is InChI=1S/C26H27NO8/c1-26(2,18-8-10-19(11-9-18)27(29)30)35-21-13-16(7-12-20(21)31-3)24(28)17-14-22(32-4)25(34-6)23(15-17)33-5/h7-15H,1-6H3. The van der Waals surface area contributed by atoms with Gasteiger partial charge in [0.1, 0.15) is 5.60 Å². The van der Waals surface area contributed by atoms with Gasteiger partial charge in [0.25, 0.3) is 5.69 Å². The normalized spacial score (nSPS) is 10.9. The first-order chi connectivity index (χ1) is 16.6. The number of methoxy groups -OCH3 is 4. The average Bonchev–Trinajstić information content (AvgIpc) is 2.86. The first kappa shape index (κ1) is 25.4. The van der Waals surface area contributed by atoms with Crippen molar-refractivity contribution in [2.24, 2.45) is 0 Å². The van der Waals surface area contributed by atoms with Crippen LogP contribution in [-0.2, 0) is 5.60 Å². The molecule has 0 amide bonds. The highest BCUT2D eigenvalue weighted by Gasteiger charge is 2.26. The van der Waals surface area contributed by atoms with Crippen LogP contribution in [0.4, 0.5) is 5.69 Å². The molecule has 0 N–H and O–H groups in total. The van der Waals surface area contributed by atoms with Gasteiger partial charge in [0.15, 0.2) is 28.8 Å². The molecule has 0 spiro atoms. The summed E-state index contributed by atoms with van der Waals surface area (Å²) in [5, 5.41) is 11.0. The third-order valence-corrected chi connectivity index (χ3v) is 5.49. The zero-order chi connectivity index (χ0) is 25.8. The topological polar surface area (TPSA) is 106 Å². The summed E-state index contributed by atoms with van der Waals surface area (Å²) >= 11 is 0. The van der Waals surface area contributed by atoms with E-state index in [9.17, 15) is 14.9 Å². The molecule has 9 nitrogen and oxygen atoms in total. The Kier molecular flexibility index (Phi) is 7.49. The highest BCUT2D eigenvalue weighted by Crippen LogP contribution is 2.40. The van der Waals surface area contributed by atoms with Crippen LogP contribution in [0.1, 0.15) is 35.3 Å². The summed E-state index contributed by atoms with van der Waals surface area (Å²) in [6.07, 6.45) is 0. The van der Waals surface area contributed by atoms with E-state index in [0.717, 1.165) is 0 Å². The van der Waals surface area contributed by atoms with E-state index < -0.39 is 10.5 Å². The van der Waals surface area contributed by atoms with Crippen molar-refractivity contribution >= 4 is 11.5 Å². The van der Waals surface area contributed by atoms with E-state index in [2.05, 4.69) is 0 Å². The summed E-state index contributed by atoms with van der Waals surface area (Å²) in [4.78, 5) is 23.9. The van der Waals surface area contributed by atoms with Crippen molar-refractivity contribution in [3.05, 3.63) is 81.4 Å².